The van der Waals surface area contributed by atoms with Crippen LogP contribution in [0.25, 0.3) is 0 Å². The first-order chi connectivity index (χ1) is 8.22. The molecule has 3 aliphatic rings. The van der Waals surface area contributed by atoms with E-state index in [1.165, 1.54) is 4.48 Å². The molecule has 0 radical (unpaired) electrons. The molecule has 1 saturated heterocycles. The third-order valence-electron chi connectivity index (χ3n) is 3.93. The van der Waals surface area contributed by atoms with Crippen molar-refractivity contribution in [2.45, 2.75) is 25.4 Å². The predicted molar refractivity (Wildman–Crippen MR) is 73.3 cm³/mol. The average molecular weight is 294 g/mol. The molecule has 0 aromatic heterocycles. The zero-order valence-electron chi connectivity index (χ0n) is 9.90. The van der Waals surface area contributed by atoms with Crippen LogP contribution in [0.3, 0.4) is 0 Å². The van der Waals surface area contributed by atoms with E-state index >= 15 is 0 Å². The van der Waals surface area contributed by atoms with Crippen LogP contribution in [0.1, 0.15) is 19.8 Å². The average Bonchev–Trinajstić information content (AvgIpc) is 2.66. The summed E-state index contributed by atoms with van der Waals surface area (Å²) in [5, 5.41) is 0. The number of rotatable bonds is 1. The Morgan fingerprint density at radius 3 is 3.35 bits per heavy atom. The SMILES string of the molecule is CC(Br)=CC1COC23CC=CC=C2N=CCC13. The van der Waals surface area contributed by atoms with Crippen LogP contribution in [0.15, 0.2) is 39.5 Å². The van der Waals surface area contributed by atoms with E-state index in [9.17, 15) is 0 Å². The van der Waals surface area contributed by atoms with E-state index in [0.717, 1.165) is 25.1 Å². The fourth-order valence-electron chi connectivity index (χ4n) is 3.18. The van der Waals surface area contributed by atoms with Gasteiger partial charge in [0.1, 0.15) is 5.60 Å². The van der Waals surface area contributed by atoms with Crippen molar-refractivity contribution < 1.29 is 4.74 Å². The first-order valence-corrected chi connectivity index (χ1v) is 6.89. The molecule has 0 saturated carbocycles. The van der Waals surface area contributed by atoms with Gasteiger partial charge in [-0.3, -0.25) is 4.99 Å². The van der Waals surface area contributed by atoms with Gasteiger partial charge in [0, 0.05) is 24.5 Å². The standard InChI is InChI=1S/C14H16BrNO/c1-10(15)8-11-9-17-14-6-3-2-4-13(14)16-7-5-12(11)14/h2-4,7-8,11-12H,5-6,9H2,1H3. The second kappa shape index (κ2) is 4.21. The lowest BCUT2D eigenvalue weighted by molar-refractivity contribution is 0.0103. The summed E-state index contributed by atoms with van der Waals surface area (Å²) in [4.78, 5) is 4.53. The second-order valence-corrected chi connectivity index (χ2v) is 6.21. The Morgan fingerprint density at radius 2 is 2.53 bits per heavy atom. The third kappa shape index (κ3) is 1.76. The van der Waals surface area contributed by atoms with Gasteiger partial charge >= 0.3 is 0 Å². The van der Waals surface area contributed by atoms with E-state index in [-0.39, 0.29) is 5.60 Å². The molecular weight excluding hydrogens is 278 g/mol. The van der Waals surface area contributed by atoms with Gasteiger partial charge < -0.3 is 4.74 Å². The first kappa shape index (κ1) is 11.4. The molecule has 2 heterocycles. The number of aliphatic imine (C=N–C) groups is 1. The number of halogens is 1. The van der Waals surface area contributed by atoms with Crippen LogP contribution in [-0.4, -0.2) is 18.4 Å². The van der Waals surface area contributed by atoms with E-state index in [0.29, 0.717) is 11.8 Å². The summed E-state index contributed by atoms with van der Waals surface area (Å²) in [6.07, 6.45) is 12.7. The van der Waals surface area contributed by atoms with Crippen LogP contribution in [-0.2, 0) is 4.74 Å². The Bertz CT molecular complexity index is 445. The smallest absolute Gasteiger partial charge is 0.117 e. The Kier molecular flexibility index (Phi) is 2.83. The molecule has 2 aliphatic heterocycles. The van der Waals surface area contributed by atoms with Crippen LogP contribution in [0.2, 0.25) is 0 Å². The molecule has 1 spiro atoms. The molecular formula is C14H16BrNO. The van der Waals surface area contributed by atoms with Crippen molar-refractivity contribution in [1.29, 1.82) is 0 Å². The molecule has 0 amide bonds. The van der Waals surface area contributed by atoms with E-state index < -0.39 is 0 Å². The van der Waals surface area contributed by atoms with E-state index in [1.807, 2.05) is 6.21 Å². The minimum Gasteiger partial charge on any atom is -0.367 e. The Hall–Kier alpha value is -0.670. The Labute approximate surface area is 110 Å². The van der Waals surface area contributed by atoms with Crippen LogP contribution in [0, 0.1) is 11.8 Å². The lowest BCUT2D eigenvalue weighted by Crippen LogP contribution is -2.41. The topological polar surface area (TPSA) is 21.6 Å². The summed E-state index contributed by atoms with van der Waals surface area (Å²) < 4.78 is 7.36. The van der Waals surface area contributed by atoms with Crippen LogP contribution in [0.5, 0.6) is 0 Å². The highest BCUT2D eigenvalue weighted by Crippen LogP contribution is 2.49. The van der Waals surface area contributed by atoms with Gasteiger partial charge in [0.15, 0.2) is 0 Å². The zero-order valence-corrected chi connectivity index (χ0v) is 11.5. The maximum absolute atomic E-state index is 6.16. The zero-order chi connectivity index (χ0) is 11.9. The summed E-state index contributed by atoms with van der Waals surface area (Å²) in [6, 6.07) is 0. The molecule has 3 atom stereocenters. The van der Waals surface area contributed by atoms with Crippen molar-refractivity contribution in [1.82, 2.24) is 0 Å². The molecule has 0 N–H and O–H groups in total. The maximum Gasteiger partial charge on any atom is 0.117 e. The summed E-state index contributed by atoms with van der Waals surface area (Å²) in [7, 11) is 0. The third-order valence-corrected chi connectivity index (χ3v) is 4.19. The highest BCUT2D eigenvalue weighted by atomic mass is 79.9. The predicted octanol–water partition coefficient (Wildman–Crippen LogP) is 3.60. The van der Waals surface area contributed by atoms with Crippen LogP contribution in [0.4, 0.5) is 0 Å². The lowest BCUT2D eigenvalue weighted by Gasteiger charge is -2.38. The van der Waals surface area contributed by atoms with Crippen molar-refractivity contribution >= 4 is 22.1 Å². The minimum absolute atomic E-state index is 0.146. The maximum atomic E-state index is 6.16. The molecule has 0 aromatic carbocycles. The van der Waals surface area contributed by atoms with E-state index in [1.54, 1.807) is 0 Å². The molecule has 3 heteroatoms. The van der Waals surface area contributed by atoms with E-state index in [2.05, 4.69) is 52.2 Å². The van der Waals surface area contributed by atoms with Gasteiger partial charge in [0.25, 0.3) is 0 Å². The van der Waals surface area contributed by atoms with Crippen molar-refractivity contribution in [3.05, 3.63) is 34.5 Å². The van der Waals surface area contributed by atoms with Gasteiger partial charge in [-0.15, -0.1) is 0 Å². The Morgan fingerprint density at radius 1 is 1.65 bits per heavy atom. The quantitative estimate of drug-likeness (QED) is 0.724. The van der Waals surface area contributed by atoms with Gasteiger partial charge in [0.2, 0.25) is 0 Å². The number of allylic oxidation sites excluding steroid dienone is 3. The van der Waals surface area contributed by atoms with Crippen molar-refractivity contribution in [3.8, 4) is 0 Å². The number of hydrogen-bond acceptors (Lipinski definition) is 2. The molecule has 0 aromatic rings. The molecule has 1 fully saturated rings. The van der Waals surface area contributed by atoms with Gasteiger partial charge in [-0.2, -0.15) is 0 Å². The summed E-state index contributed by atoms with van der Waals surface area (Å²) in [5.41, 5.74) is 0.965. The number of nitrogens with zero attached hydrogens (tertiary/aromatic N) is 1. The summed E-state index contributed by atoms with van der Waals surface area (Å²) >= 11 is 3.53. The van der Waals surface area contributed by atoms with Crippen molar-refractivity contribution in [2.75, 3.05) is 6.61 Å². The normalized spacial score (nSPS) is 39.9. The number of hydrogen-bond donors (Lipinski definition) is 0. The molecule has 0 bridgehead atoms. The van der Waals surface area contributed by atoms with Gasteiger partial charge in [-0.25, -0.2) is 0 Å². The highest BCUT2D eigenvalue weighted by Gasteiger charge is 2.52. The van der Waals surface area contributed by atoms with Crippen LogP contribution >= 0.6 is 15.9 Å². The summed E-state index contributed by atoms with van der Waals surface area (Å²) in [5.74, 6) is 1.03. The van der Waals surface area contributed by atoms with Gasteiger partial charge in [-0.05, 0) is 23.9 Å². The Balaban J connectivity index is 1.98. The molecule has 17 heavy (non-hydrogen) atoms. The van der Waals surface area contributed by atoms with E-state index in [4.69, 9.17) is 4.74 Å². The molecule has 3 unspecified atom stereocenters. The lowest BCUT2D eigenvalue weighted by atomic mass is 9.72. The highest BCUT2D eigenvalue weighted by molar-refractivity contribution is 9.11. The van der Waals surface area contributed by atoms with Crippen molar-refractivity contribution in [3.63, 3.8) is 0 Å². The largest absolute Gasteiger partial charge is 0.367 e. The minimum atomic E-state index is -0.146. The van der Waals surface area contributed by atoms with Gasteiger partial charge in [0.05, 0.1) is 12.3 Å². The molecule has 90 valence electrons. The van der Waals surface area contributed by atoms with Crippen LogP contribution < -0.4 is 0 Å². The fourth-order valence-corrected chi connectivity index (χ4v) is 3.52. The summed E-state index contributed by atoms with van der Waals surface area (Å²) in [6.45, 7) is 2.89. The first-order valence-electron chi connectivity index (χ1n) is 6.10. The molecule has 1 aliphatic carbocycles. The fraction of sp³-hybridized carbons (Fsp3) is 0.500. The van der Waals surface area contributed by atoms with Gasteiger partial charge in [-0.1, -0.05) is 34.2 Å². The molecule has 2 nitrogen and oxygen atoms in total. The number of ether oxygens (including phenoxy) is 1. The van der Waals surface area contributed by atoms with Crippen molar-refractivity contribution in [2.24, 2.45) is 16.8 Å². The second-order valence-electron chi connectivity index (χ2n) is 4.96. The molecule has 3 rings (SSSR count). The monoisotopic (exact) mass is 293 g/mol.